The van der Waals surface area contributed by atoms with Crippen LogP contribution >= 0.6 is 0 Å². The van der Waals surface area contributed by atoms with Gasteiger partial charge in [0.25, 0.3) is 0 Å². The zero-order valence-electron chi connectivity index (χ0n) is 4.70. The standard InChI is InChI=1S/C6H4O2.Al/c7-5-1-2-6(8)4-3-5;/h1-4H;/q;+3. The fraction of sp³-hybridized carbons (Fsp3) is 0. The molecule has 0 N–H and O–H groups in total. The van der Waals surface area contributed by atoms with Crippen molar-refractivity contribution in [1.29, 1.82) is 0 Å². The Morgan fingerprint density at radius 3 is 1.22 bits per heavy atom. The van der Waals surface area contributed by atoms with Crippen LogP contribution in [0.25, 0.3) is 0 Å². The van der Waals surface area contributed by atoms with Gasteiger partial charge in [0.15, 0.2) is 11.6 Å². The van der Waals surface area contributed by atoms with Crippen LogP contribution in [0.4, 0.5) is 0 Å². The second-order valence-corrected chi connectivity index (χ2v) is 1.47. The molecule has 0 aromatic rings. The molecule has 9 heavy (non-hydrogen) atoms. The Labute approximate surface area is 63.4 Å². The van der Waals surface area contributed by atoms with Gasteiger partial charge in [-0.1, -0.05) is 0 Å². The molecule has 0 saturated carbocycles. The summed E-state index contributed by atoms with van der Waals surface area (Å²) in [4.78, 5) is 20.6. The van der Waals surface area contributed by atoms with Crippen molar-refractivity contribution >= 4 is 28.9 Å². The van der Waals surface area contributed by atoms with Crippen LogP contribution in [0.5, 0.6) is 0 Å². The minimum atomic E-state index is -0.121. The summed E-state index contributed by atoms with van der Waals surface area (Å²) >= 11 is 0. The van der Waals surface area contributed by atoms with Crippen molar-refractivity contribution in [2.24, 2.45) is 0 Å². The molecule has 1 aliphatic rings. The Bertz CT molecular complexity index is 153. The maximum Gasteiger partial charge on any atom is 3.00 e. The summed E-state index contributed by atoms with van der Waals surface area (Å²) in [6.07, 6.45) is 5.01. The zero-order valence-corrected chi connectivity index (χ0v) is 5.86. The Morgan fingerprint density at radius 1 is 0.778 bits per heavy atom. The first kappa shape index (κ1) is 8.35. The van der Waals surface area contributed by atoms with E-state index in [9.17, 15) is 9.59 Å². The van der Waals surface area contributed by atoms with Gasteiger partial charge in [0.1, 0.15) is 0 Å². The van der Waals surface area contributed by atoms with Crippen molar-refractivity contribution < 1.29 is 9.59 Å². The molecule has 0 radical (unpaired) electrons. The number of carbonyl (C=O) groups is 2. The second-order valence-electron chi connectivity index (χ2n) is 1.47. The summed E-state index contributed by atoms with van der Waals surface area (Å²) in [5.41, 5.74) is 0. The Morgan fingerprint density at radius 2 is 1.00 bits per heavy atom. The van der Waals surface area contributed by atoms with E-state index in [0.717, 1.165) is 0 Å². The van der Waals surface area contributed by atoms with E-state index >= 15 is 0 Å². The van der Waals surface area contributed by atoms with Gasteiger partial charge in [-0.25, -0.2) is 0 Å². The fourth-order valence-corrected chi connectivity index (χ4v) is 0.440. The van der Waals surface area contributed by atoms with E-state index < -0.39 is 0 Å². The molecule has 0 fully saturated rings. The quantitative estimate of drug-likeness (QED) is 0.342. The minimum Gasteiger partial charge on any atom is -0.290 e. The largest absolute Gasteiger partial charge is 3.00 e. The molecule has 40 valence electrons. The van der Waals surface area contributed by atoms with Crippen LogP contribution in [-0.4, -0.2) is 28.9 Å². The summed E-state index contributed by atoms with van der Waals surface area (Å²) in [7, 11) is 0. The molecular weight excluding hydrogens is 131 g/mol. The Balaban J connectivity index is 0.000000640. The SMILES string of the molecule is O=C1C=CC(=O)C=C1.[Al+3]. The van der Waals surface area contributed by atoms with Gasteiger partial charge < -0.3 is 0 Å². The summed E-state index contributed by atoms with van der Waals surface area (Å²) in [6, 6.07) is 0. The molecule has 0 aromatic carbocycles. The van der Waals surface area contributed by atoms with Gasteiger partial charge in [-0.05, 0) is 24.3 Å². The average Bonchev–Trinajstić information content (AvgIpc) is 1.77. The maximum atomic E-state index is 10.3. The molecule has 0 atom stereocenters. The van der Waals surface area contributed by atoms with E-state index in [0.29, 0.717) is 0 Å². The molecular formula is C6H4AlO2+3. The number of carbonyl (C=O) groups excluding carboxylic acids is 2. The predicted octanol–water partition coefficient (Wildman–Crippen LogP) is -0.130. The van der Waals surface area contributed by atoms with E-state index in [4.69, 9.17) is 0 Å². The Kier molecular flexibility index (Phi) is 3.15. The Hall–Kier alpha value is -0.648. The van der Waals surface area contributed by atoms with E-state index in [1.807, 2.05) is 0 Å². The van der Waals surface area contributed by atoms with E-state index in [2.05, 4.69) is 0 Å². The number of allylic oxidation sites excluding steroid dienone is 4. The minimum absolute atomic E-state index is 0. The first-order valence-electron chi connectivity index (χ1n) is 2.23. The van der Waals surface area contributed by atoms with Crippen LogP contribution in [0.15, 0.2) is 24.3 Å². The van der Waals surface area contributed by atoms with Gasteiger partial charge >= 0.3 is 17.4 Å². The summed E-state index contributed by atoms with van der Waals surface area (Å²) in [5, 5.41) is 0. The smallest absolute Gasteiger partial charge is 0.290 e. The van der Waals surface area contributed by atoms with Gasteiger partial charge in [-0.15, -0.1) is 0 Å². The van der Waals surface area contributed by atoms with Crippen LogP contribution in [0.1, 0.15) is 0 Å². The molecule has 0 spiro atoms. The zero-order chi connectivity index (χ0) is 5.98. The van der Waals surface area contributed by atoms with E-state index in [-0.39, 0.29) is 28.9 Å². The molecule has 0 amide bonds. The van der Waals surface area contributed by atoms with E-state index in [1.165, 1.54) is 24.3 Å². The van der Waals surface area contributed by atoms with Gasteiger partial charge in [0, 0.05) is 0 Å². The van der Waals surface area contributed by atoms with Crippen molar-refractivity contribution in [1.82, 2.24) is 0 Å². The third-order valence-corrected chi connectivity index (χ3v) is 0.824. The molecule has 0 aromatic heterocycles. The van der Waals surface area contributed by atoms with Crippen molar-refractivity contribution in [3.05, 3.63) is 24.3 Å². The number of rotatable bonds is 0. The van der Waals surface area contributed by atoms with Crippen molar-refractivity contribution in [3.63, 3.8) is 0 Å². The van der Waals surface area contributed by atoms with Crippen LogP contribution in [0.2, 0.25) is 0 Å². The van der Waals surface area contributed by atoms with Crippen molar-refractivity contribution in [2.75, 3.05) is 0 Å². The molecule has 0 unspecified atom stereocenters. The van der Waals surface area contributed by atoms with Gasteiger partial charge in [-0.3, -0.25) is 9.59 Å². The summed E-state index contributed by atoms with van der Waals surface area (Å²) in [5.74, 6) is -0.241. The van der Waals surface area contributed by atoms with Crippen LogP contribution in [0, 0.1) is 0 Å². The summed E-state index contributed by atoms with van der Waals surface area (Å²) < 4.78 is 0. The molecule has 3 heteroatoms. The number of hydrogen-bond donors (Lipinski definition) is 0. The average molecular weight is 135 g/mol. The van der Waals surface area contributed by atoms with E-state index in [1.54, 1.807) is 0 Å². The van der Waals surface area contributed by atoms with Crippen LogP contribution < -0.4 is 0 Å². The van der Waals surface area contributed by atoms with Gasteiger partial charge in [0.2, 0.25) is 0 Å². The van der Waals surface area contributed by atoms with Crippen LogP contribution in [0.3, 0.4) is 0 Å². The molecule has 0 heterocycles. The topological polar surface area (TPSA) is 34.1 Å². The molecule has 2 nitrogen and oxygen atoms in total. The molecule has 0 bridgehead atoms. The number of ketones is 2. The first-order chi connectivity index (χ1) is 3.79. The molecule has 0 saturated heterocycles. The second kappa shape index (κ2) is 3.39. The fourth-order valence-electron chi connectivity index (χ4n) is 0.440. The van der Waals surface area contributed by atoms with Gasteiger partial charge in [0.05, 0.1) is 0 Å². The van der Waals surface area contributed by atoms with Crippen molar-refractivity contribution in [2.45, 2.75) is 0 Å². The normalized spacial score (nSPS) is 15.6. The predicted molar refractivity (Wildman–Crippen MR) is 34.0 cm³/mol. The first-order valence-corrected chi connectivity index (χ1v) is 2.23. The van der Waals surface area contributed by atoms with Crippen LogP contribution in [-0.2, 0) is 9.59 Å². The van der Waals surface area contributed by atoms with Gasteiger partial charge in [-0.2, -0.15) is 0 Å². The molecule has 0 aliphatic heterocycles. The van der Waals surface area contributed by atoms with Crippen molar-refractivity contribution in [3.8, 4) is 0 Å². The third-order valence-electron chi connectivity index (χ3n) is 0.824. The molecule has 1 rings (SSSR count). The summed E-state index contributed by atoms with van der Waals surface area (Å²) in [6.45, 7) is 0. The molecule has 1 aliphatic carbocycles. The maximum absolute atomic E-state index is 10.3. The monoisotopic (exact) mass is 135 g/mol. The number of hydrogen-bond acceptors (Lipinski definition) is 2. The third kappa shape index (κ3) is 2.41.